The third-order valence-electron chi connectivity index (χ3n) is 6.40. The number of benzene rings is 3. The van der Waals surface area contributed by atoms with Gasteiger partial charge in [0.25, 0.3) is 0 Å². The van der Waals surface area contributed by atoms with Crippen molar-refractivity contribution in [3.8, 4) is 17.1 Å². The molecule has 0 atom stereocenters. The largest absolute Gasteiger partial charge is 0.495 e. The lowest BCUT2D eigenvalue weighted by Crippen LogP contribution is -2.49. The molecule has 10 heteroatoms. The number of carbonyl (C=O) groups is 1. The fraction of sp³-hybridized carbons (Fsp3) is 0.214. The number of rotatable bonds is 8. The molecule has 196 valence electrons. The quantitative estimate of drug-likeness (QED) is 0.327. The summed E-state index contributed by atoms with van der Waals surface area (Å²) in [5.74, 6) is 1.29. The molecule has 1 saturated heterocycles. The Bertz CT molecular complexity index is 1500. The first-order chi connectivity index (χ1) is 18.5. The van der Waals surface area contributed by atoms with E-state index in [2.05, 4.69) is 14.9 Å². The first kappa shape index (κ1) is 25.9. The smallest absolute Gasteiger partial charge is 0.233 e. The van der Waals surface area contributed by atoms with E-state index < -0.39 is 9.84 Å². The fourth-order valence-electron chi connectivity index (χ4n) is 4.38. The monoisotopic (exact) mass is 548 g/mol. The average Bonchev–Trinajstić information content (AvgIpc) is 3.42. The number of sulfone groups is 1. The summed E-state index contributed by atoms with van der Waals surface area (Å²) in [7, 11) is -2.20. The Labute approximate surface area is 226 Å². The summed E-state index contributed by atoms with van der Waals surface area (Å²) < 4.78 is 32.4. The minimum Gasteiger partial charge on any atom is -0.495 e. The maximum Gasteiger partial charge on any atom is 0.233 e. The van der Waals surface area contributed by atoms with Crippen LogP contribution in [0, 0.1) is 0 Å². The van der Waals surface area contributed by atoms with Crippen molar-refractivity contribution in [1.82, 2.24) is 14.9 Å². The number of nitrogens with one attached hydrogen (secondary N) is 1. The van der Waals surface area contributed by atoms with Crippen LogP contribution in [0.4, 0.5) is 5.69 Å². The van der Waals surface area contributed by atoms with Crippen molar-refractivity contribution in [2.24, 2.45) is 0 Å². The molecule has 0 radical (unpaired) electrons. The van der Waals surface area contributed by atoms with Crippen LogP contribution in [-0.4, -0.2) is 68.2 Å². The molecule has 0 aliphatic carbocycles. The Morgan fingerprint density at radius 1 is 0.921 bits per heavy atom. The second kappa shape index (κ2) is 11.3. The maximum atomic E-state index is 13.5. The van der Waals surface area contributed by atoms with Crippen molar-refractivity contribution >= 4 is 33.2 Å². The SMILES string of the molecule is COc1ccccc1N1CCN(C(=O)CSc2nc(-c3ccccc3)[nH]c2S(=O)(=O)c2ccccc2)CC1. The lowest BCUT2D eigenvalue weighted by Gasteiger charge is -2.36. The van der Waals surface area contributed by atoms with E-state index in [-0.39, 0.29) is 26.6 Å². The van der Waals surface area contributed by atoms with Gasteiger partial charge in [-0.3, -0.25) is 4.79 Å². The van der Waals surface area contributed by atoms with Gasteiger partial charge >= 0.3 is 0 Å². The lowest BCUT2D eigenvalue weighted by atomic mass is 10.2. The molecule has 1 aromatic heterocycles. The Kier molecular flexibility index (Phi) is 7.71. The van der Waals surface area contributed by atoms with Gasteiger partial charge in [0, 0.05) is 31.7 Å². The summed E-state index contributed by atoms with van der Waals surface area (Å²) in [4.78, 5) is 24.9. The zero-order chi connectivity index (χ0) is 26.5. The van der Waals surface area contributed by atoms with Gasteiger partial charge in [-0.1, -0.05) is 72.4 Å². The number of thioether (sulfide) groups is 1. The molecule has 5 rings (SSSR count). The molecule has 0 bridgehead atoms. The summed E-state index contributed by atoms with van der Waals surface area (Å²) in [5.41, 5.74) is 1.78. The molecule has 0 saturated carbocycles. The predicted molar refractivity (Wildman–Crippen MR) is 148 cm³/mol. The minimum absolute atomic E-state index is 0.00125. The highest BCUT2D eigenvalue weighted by atomic mass is 32.2. The molecule has 0 unspecified atom stereocenters. The van der Waals surface area contributed by atoms with Crippen LogP contribution in [0.5, 0.6) is 5.75 Å². The molecule has 4 aromatic rings. The highest BCUT2D eigenvalue weighted by molar-refractivity contribution is 8.00. The minimum atomic E-state index is -3.86. The summed E-state index contributed by atoms with van der Waals surface area (Å²) >= 11 is 1.14. The second-order valence-corrected chi connectivity index (χ2v) is 11.6. The standard InChI is InChI=1S/C28H28N4O4S2/c1-36-24-15-9-8-14-23(24)31-16-18-32(19-17-31)25(33)20-37-27-28(38(34,35)22-12-6-3-7-13-22)30-26(29-27)21-10-4-2-5-11-21/h2-15H,16-20H2,1H3,(H,29,30). The van der Waals surface area contributed by atoms with Gasteiger partial charge in [0.05, 0.1) is 23.4 Å². The molecule has 38 heavy (non-hydrogen) atoms. The summed E-state index contributed by atoms with van der Waals surface area (Å²) in [6, 6.07) is 25.4. The van der Waals surface area contributed by atoms with Crippen LogP contribution >= 0.6 is 11.8 Å². The van der Waals surface area contributed by atoms with Crippen molar-refractivity contribution in [1.29, 1.82) is 0 Å². The number of nitrogens with zero attached hydrogens (tertiary/aromatic N) is 3. The highest BCUT2D eigenvalue weighted by Gasteiger charge is 2.28. The van der Waals surface area contributed by atoms with Crippen LogP contribution < -0.4 is 9.64 Å². The van der Waals surface area contributed by atoms with Gasteiger partial charge in [-0.25, -0.2) is 13.4 Å². The molecule has 1 aliphatic rings. The van der Waals surface area contributed by atoms with Crippen LogP contribution in [0.2, 0.25) is 0 Å². The fourth-order valence-corrected chi connectivity index (χ4v) is 6.92. The van der Waals surface area contributed by atoms with E-state index in [1.165, 1.54) is 0 Å². The number of methoxy groups -OCH3 is 1. The summed E-state index contributed by atoms with van der Waals surface area (Å²) in [6.07, 6.45) is 0. The third-order valence-corrected chi connectivity index (χ3v) is 9.21. The van der Waals surface area contributed by atoms with Gasteiger partial charge in [0.1, 0.15) is 16.6 Å². The molecule has 1 N–H and O–H groups in total. The van der Waals surface area contributed by atoms with Crippen LogP contribution in [0.1, 0.15) is 0 Å². The first-order valence-corrected chi connectivity index (χ1v) is 14.7. The van der Waals surface area contributed by atoms with E-state index in [0.29, 0.717) is 32.0 Å². The zero-order valence-corrected chi connectivity index (χ0v) is 22.5. The van der Waals surface area contributed by atoms with Crippen LogP contribution in [0.25, 0.3) is 11.4 Å². The van der Waals surface area contributed by atoms with Crippen molar-refractivity contribution in [3.63, 3.8) is 0 Å². The number of hydrogen-bond acceptors (Lipinski definition) is 7. The van der Waals surface area contributed by atoms with Gasteiger partial charge in [-0.05, 0) is 24.3 Å². The van der Waals surface area contributed by atoms with E-state index in [1.807, 2.05) is 59.5 Å². The second-order valence-electron chi connectivity index (χ2n) is 8.73. The molecule has 0 spiro atoms. The number of aromatic nitrogens is 2. The Balaban J connectivity index is 1.31. The first-order valence-electron chi connectivity index (χ1n) is 12.2. The van der Waals surface area contributed by atoms with E-state index >= 15 is 0 Å². The number of amides is 1. The number of imidazole rings is 1. The van der Waals surface area contributed by atoms with Crippen molar-refractivity contribution in [3.05, 3.63) is 84.9 Å². The van der Waals surface area contributed by atoms with Crippen molar-refractivity contribution in [2.45, 2.75) is 14.9 Å². The molecular weight excluding hydrogens is 520 g/mol. The lowest BCUT2D eigenvalue weighted by molar-refractivity contribution is -0.128. The average molecular weight is 549 g/mol. The number of carbonyl (C=O) groups excluding carboxylic acids is 1. The topological polar surface area (TPSA) is 95.6 Å². The normalized spacial score (nSPS) is 13.9. The summed E-state index contributed by atoms with van der Waals surface area (Å²) in [6.45, 7) is 2.51. The Hall–Kier alpha value is -3.76. The van der Waals surface area contributed by atoms with E-state index in [0.717, 1.165) is 28.8 Å². The number of para-hydroxylation sites is 2. The van der Waals surface area contributed by atoms with Gasteiger partial charge < -0.3 is 19.5 Å². The summed E-state index contributed by atoms with van der Waals surface area (Å²) in [5, 5.41) is 0.287. The molecule has 1 amide bonds. The third kappa shape index (κ3) is 5.41. The molecule has 1 fully saturated rings. The number of H-pyrrole nitrogens is 1. The molecule has 3 aromatic carbocycles. The predicted octanol–water partition coefficient (Wildman–Crippen LogP) is 4.36. The van der Waals surface area contributed by atoms with E-state index in [1.54, 1.807) is 37.4 Å². The number of ether oxygens (including phenoxy) is 1. The van der Waals surface area contributed by atoms with Gasteiger partial charge in [-0.15, -0.1) is 0 Å². The molecule has 8 nitrogen and oxygen atoms in total. The Morgan fingerprint density at radius 3 is 2.24 bits per heavy atom. The zero-order valence-electron chi connectivity index (χ0n) is 20.9. The maximum absolute atomic E-state index is 13.5. The van der Waals surface area contributed by atoms with Gasteiger partial charge in [0.15, 0.2) is 5.03 Å². The molecule has 1 aliphatic heterocycles. The van der Waals surface area contributed by atoms with Crippen LogP contribution in [-0.2, 0) is 14.6 Å². The van der Waals surface area contributed by atoms with Crippen molar-refractivity contribution in [2.75, 3.05) is 43.9 Å². The van der Waals surface area contributed by atoms with Crippen molar-refractivity contribution < 1.29 is 17.9 Å². The number of piperazine rings is 1. The number of hydrogen-bond donors (Lipinski definition) is 1. The molecule has 2 heterocycles. The number of anilines is 1. The van der Waals surface area contributed by atoms with Gasteiger partial charge in [0.2, 0.25) is 15.7 Å². The van der Waals surface area contributed by atoms with Gasteiger partial charge in [-0.2, -0.15) is 0 Å². The number of aromatic amines is 1. The van der Waals surface area contributed by atoms with E-state index in [9.17, 15) is 13.2 Å². The Morgan fingerprint density at radius 2 is 1.55 bits per heavy atom. The molecular formula is C28H28N4O4S2. The van der Waals surface area contributed by atoms with Crippen LogP contribution in [0.15, 0.2) is 99.9 Å². The highest BCUT2D eigenvalue weighted by Crippen LogP contribution is 2.33. The van der Waals surface area contributed by atoms with E-state index in [4.69, 9.17) is 4.74 Å². The van der Waals surface area contributed by atoms with Crippen LogP contribution in [0.3, 0.4) is 0 Å².